The number of anilines is 1. The highest BCUT2D eigenvalue weighted by molar-refractivity contribution is 5.97. The van der Waals surface area contributed by atoms with Gasteiger partial charge in [0.1, 0.15) is 0 Å². The van der Waals surface area contributed by atoms with Gasteiger partial charge in [-0.3, -0.25) is 14.9 Å². The number of hydrazine groups is 1. The minimum absolute atomic E-state index is 0.00380. The number of carbonyl (C=O) groups is 2. The van der Waals surface area contributed by atoms with Gasteiger partial charge in [0.2, 0.25) is 5.91 Å². The summed E-state index contributed by atoms with van der Waals surface area (Å²) in [6, 6.07) is 3.11. The first-order valence-electron chi connectivity index (χ1n) is 6.25. The lowest BCUT2D eigenvalue weighted by molar-refractivity contribution is -0.532. The molecule has 118 valence electrons. The number of aromatic carboxylic acids is 1. The topological polar surface area (TPSA) is 143 Å². The Hall–Kier alpha value is -2.56. The molecular weight excluding hydrogens is 296 g/mol. The van der Waals surface area contributed by atoms with E-state index >= 15 is 0 Å². The van der Waals surface area contributed by atoms with E-state index in [0.717, 1.165) is 0 Å². The van der Waals surface area contributed by atoms with Crippen molar-refractivity contribution in [2.24, 2.45) is 0 Å². The first-order chi connectivity index (χ1) is 10.4. The van der Waals surface area contributed by atoms with Gasteiger partial charge in [0, 0.05) is 17.7 Å². The van der Waals surface area contributed by atoms with Crippen molar-refractivity contribution in [1.82, 2.24) is 10.9 Å². The van der Waals surface area contributed by atoms with Crippen LogP contribution in [0.2, 0.25) is 0 Å². The molecule has 0 aromatic heterocycles. The summed E-state index contributed by atoms with van der Waals surface area (Å²) in [5.41, 5.74) is 5.24. The summed E-state index contributed by atoms with van der Waals surface area (Å²) in [6.45, 7) is 0. The van der Waals surface area contributed by atoms with E-state index in [1.54, 1.807) is 0 Å². The third-order valence-electron chi connectivity index (χ3n) is 3.19. The van der Waals surface area contributed by atoms with Gasteiger partial charge in [0.15, 0.2) is 12.3 Å². The van der Waals surface area contributed by atoms with E-state index in [1.165, 1.54) is 31.4 Å². The third kappa shape index (κ3) is 3.19. The number of carboxylic acids is 1. The first-order valence-corrected chi connectivity index (χ1v) is 6.25. The standard InChI is InChI=1S/C12H14N4O6/c1-22-11-9(16(20)21)8(14-15-11)10(17)13-7-4-2-3-6(5-7)12(18)19/h2-5,8-9,11,14-15H,1H3,(H,13,17)(H,18,19). The normalized spacial score (nSPS) is 24.0. The molecule has 22 heavy (non-hydrogen) atoms. The Morgan fingerprint density at radius 1 is 1.41 bits per heavy atom. The number of rotatable bonds is 5. The third-order valence-corrected chi connectivity index (χ3v) is 3.19. The molecule has 1 aromatic carbocycles. The molecule has 3 atom stereocenters. The molecule has 0 radical (unpaired) electrons. The fourth-order valence-corrected chi connectivity index (χ4v) is 2.12. The second-order valence-corrected chi connectivity index (χ2v) is 4.57. The van der Waals surface area contributed by atoms with E-state index in [1.807, 2.05) is 0 Å². The van der Waals surface area contributed by atoms with Crippen LogP contribution < -0.4 is 16.2 Å². The quantitative estimate of drug-likeness (QED) is 0.418. The fraction of sp³-hybridized carbons (Fsp3) is 0.333. The zero-order valence-corrected chi connectivity index (χ0v) is 11.5. The van der Waals surface area contributed by atoms with Crippen molar-refractivity contribution >= 4 is 17.6 Å². The van der Waals surface area contributed by atoms with E-state index in [4.69, 9.17) is 9.84 Å². The molecule has 1 aliphatic heterocycles. The summed E-state index contributed by atoms with van der Waals surface area (Å²) in [4.78, 5) is 33.5. The summed E-state index contributed by atoms with van der Waals surface area (Å²) >= 11 is 0. The van der Waals surface area contributed by atoms with Crippen molar-refractivity contribution in [1.29, 1.82) is 0 Å². The van der Waals surface area contributed by atoms with Crippen molar-refractivity contribution in [3.63, 3.8) is 0 Å². The number of hydrogen-bond acceptors (Lipinski definition) is 7. The number of nitrogens with one attached hydrogen (secondary N) is 3. The van der Waals surface area contributed by atoms with Crippen LogP contribution in [0.5, 0.6) is 0 Å². The number of nitrogens with zero attached hydrogens (tertiary/aromatic N) is 1. The number of nitro groups is 1. The Morgan fingerprint density at radius 3 is 2.73 bits per heavy atom. The molecule has 1 fully saturated rings. The van der Waals surface area contributed by atoms with Gasteiger partial charge in [0.25, 0.3) is 6.04 Å². The average molecular weight is 310 g/mol. The van der Waals surface area contributed by atoms with Crippen molar-refractivity contribution in [2.75, 3.05) is 12.4 Å². The minimum Gasteiger partial charge on any atom is -0.478 e. The highest BCUT2D eigenvalue weighted by Crippen LogP contribution is 2.15. The molecule has 3 unspecified atom stereocenters. The van der Waals surface area contributed by atoms with Crippen molar-refractivity contribution in [2.45, 2.75) is 18.3 Å². The van der Waals surface area contributed by atoms with Gasteiger partial charge in [-0.2, -0.15) is 0 Å². The molecule has 1 heterocycles. The van der Waals surface area contributed by atoms with Gasteiger partial charge in [-0.1, -0.05) is 6.07 Å². The monoisotopic (exact) mass is 310 g/mol. The molecule has 0 aliphatic carbocycles. The van der Waals surface area contributed by atoms with E-state index in [-0.39, 0.29) is 11.3 Å². The predicted molar refractivity (Wildman–Crippen MR) is 73.7 cm³/mol. The molecule has 1 aromatic rings. The van der Waals surface area contributed by atoms with E-state index in [9.17, 15) is 19.7 Å². The van der Waals surface area contributed by atoms with Crippen LogP contribution in [0.4, 0.5) is 5.69 Å². The van der Waals surface area contributed by atoms with E-state index < -0.39 is 35.1 Å². The van der Waals surface area contributed by atoms with Crippen molar-refractivity contribution in [3.8, 4) is 0 Å². The second kappa shape index (κ2) is 6.47. The molecule has 0 bridgehead atoms. The van der Waals surface area contributed by atoms with Crippen LogP contribution in [-0.2, 0) is 9.53 Å². The molecule has 1 saturated heterocycles. The minimum atomic E-state index is -1.31. The van der Waals surface area contributed by atoms with Crippen LogP contribution in [-0.4, -0.2) is 47.3 Å². The first kappa shape index (κ1) is 15.8. The lowest BCUT2D eigenvalue weighted by atomic mass is 10.1. The summed E-state index contributed by atoms with van der Waals surface area (Å²) in [5.74, 6) is -1.81. The van der Waals surface area contributed by atoms with Crippen molar-refractivity contribution < 1.29 is 24.4 Å². The van der Waals surface area contributed by atoms with Crippen LogP contribution in [0.25, 0.3) is 0 Å². The smallest absolute Gasteiger partial charge is 0.335 e. The molecule has 1 amide bonds. The maximum absolute atomic E-state index is 12.2. The Kier molecular flexibility index (Phi) is 4.65. The van der Waals surface area contributed by atoms with Crippen LogP contribution in [0.15, 0.2) is 24.3 Å². The lowest BCUT2D eigenvalue weighted by Gasteiger charge is -2.14. The maximum atomic E-state index is 12.2. The SMILES string of the molecule is COC1NNC(C(=O)Nc2cccc(C(=O)O)c2)C1[N+](=O)[O-]. The van der Waals surface area contributed by atoms with Crippen LogP contribution in [0.3, 0.4) is 0 Å². The van der Waals surface area contributed by atoms with Crippen LogP contribution in [0, 0.1) is 10.1 Å². The number of carbonyl (C=O) groups excluding carboxylic acids is 1. The highest BCUT2D eigenvalue weighted by Gasteiger charge is 2.49. The number of carboxylic acid groups (broad SMARTS) is 1. The number of hydrogen-bond donors (Lipinski definition) is 4. The molecule has 2 rings (SSSR count). The summed E-state index contributed by atoms with van der Waals surface area (Å²) in [7, 11) is 1.28. The predicted octanol–water partition coefficient (Wildman–Crippen LogP) is -0.582. The number of amides is 1. The summed E-state index contributed by atoms with van der Waals surface area (Å²) < 4.78 is 4.89. The van der Waals surface area contributed by atoms with Gasteiger partial charge < -0.3 is 15.2 Å². The lowest BCUT2D eigenvalue weighted by Crippen LogP contribution is -2.47. The number of benzene rings is 1. The molecule has 10 heteroatoms. The van der Waals surface area contributed by atoms with Crippen molar-refractivity contribution in [3.05, 3.63) is 39.9 Å². The number of methoxy groups -OCH3 is 1. The van der Waals surface area contributed by atoms with Crippen LogP contribution >= 0.6 is 0 Å². The van der Waals surface area contributed by atoms with E-state index in [2.05, 4.69) is 16.2 Å². The summed E-state index contributed by atoms with van der Waals surface area (Å²) in [6.07, 6.45) is -0.948. The number of ether oxygens (including phenoxy) is 1. The highest BCUT2D eigenvalue weighted by atomic mass is 16.6. The fourth-order valence-electron chi connectivity index (χ4n) is 2.12. The Morgan fingerprint density at radius 2 is 2.14 bits per heavy atom. The molecule has 10 nitrogen and oxygen atoms in total. The van der Waals surface area contributed by atoms with E-state index in [0.29, 0.717) is 0 Å². The average Bonchev–Trinajstić information content (AvgIpc) is 2.91. The summed E-state index contributed by atoms with van der Waals surface area (Å²) in [5, 5.41) is 22.4. The molecule has 4 N–H and O–H groups in total. The van der Waals surface area contributed by atoms with Gasteiger partial charge in [-0.25, -0.2) is 15.6 Å². The Labute approximate surface area is 124 Å². The van der Waals surface area contributed by atoms with Crippen LogP contribution in [0.1, 0.15) is 10.4 Å². The van der Waals surface area contributed by atoms with Gasteiger partial charge >= 0.3 is 5.97 Å². The zero-order valence-electron chi connectivity index (χ0n) is 11.5. The Bertz CT molecular complexity index is 607. The van der Waals surface area contributed by atoms with Gasteiger partial charge in [0.05, 0.1) is 5.56 Å². The molecule has 0 spiro atoms. The maximum Gasteiger partial charge on any atom is 0.335 e. The molecule has 1 aliphatic rings. The Balaban J connectivity index is 2.13. The molecule has 0 saturated carbocycles. The molecular formula is C12H14N4O6. The van der Waals surface area contributed by atoms with Gasteiger partial charge in [-0.05, 0) is 18.2 Å². The largest absolute Gasteiger partial charge is 0.478 e. The van der Waals surface area contributed by atoms with Gasteiger partial charge in [-0.15, -0.1) is 0 Å². The second-order valence-electron chi connectivity index (χ2n) is 4.57. The zero-order chi connectivity index (χ0) is 16.3.